The molecule has 0 bridgehead atoms. The molecule has 2 atom stereocenters. The molecule has 0 saturated carbocycles. The van der Waals surface area contributed by atoms with Crippen LogP contribution in [0.3, 0.4) is 0 Å². The Morgan fingerprint density at radius 2 is 1.91 bits per heavy atom. The van der Waals surface area contributed by atoms with Crippen molar-refractivity contribution in [1.82, 2.24) is 19.7 Å². The van der Waals surface area contributed by atoms with E-state index in [-0.39, 0.29) is 18.1 Å². The topological polar surface area (TPSA) is 60.2 Å². The molecule has 3 rings (SSSR count). The van der Waals surface area contributed by atoms with Crippen molar-refractivity contribution >= 4 is 5.91 Å². The Kier molecular flexibility index (Phi) is 4.17. The summed E-state index contributed by atoms with van der Waals surface area (Å²) in [6.07, 6.45) is 1.74. The first kappa shape index (κ1) is 15.7. The van der Waals surface area contributed by atoms with Gasteiger partial charge in [-0.05, 0) is 45.9 Å². The van der Waals surface area contributed by atoms with Crippen molar-refractivity contribution < 1.29 is 9.53 Å². The largest absolute Gasteiger partial charge is 0.372 e. The van der Waals surface area contributed by atoms with Gasteiger partial charge < -0.3 is 9.64 Å². The fourth-order valence-corrected chi connectivity index (χ4v) is 3.02. The predicted octanol–water partition coefficient (Wildman–Crippen LogP) is 2.13. The first-order valence-corrected chi connectivity index (χ1v) is 7.88. The van der Waals surface area contributed by atoms with Gasteiger partial charge in [0.05, 0.1) is 23.5 Å². The van der Waals surface area contributed by atoms with Gasteiger partial charge in [-0.1, -0.05) is 0 Å². The summed E-state index contributed by atoms with van der Waals surface area (Å²) in [6.45, 7) is 9.13. The van der Waals surface area contributed by atoms with E-state index in [1.165, 1.54) is 0 Å². The van der Waals surface area contributed by atoms with Gasteiger partial charge in [0.25, 0.3) is 5.91 Å². The first-order chi connectivity index (χ1) is 10.9. The molecule has 0 aromatic carbocycles. The SMILES string of the molecule is Cc1cc(C)n(-c2ccc(C(=O)N3C[C@H](C)O[C@@H](C)C3)cn2)n1. The summed E-state index contributed by atoms with van der Waals surface area (Å²) in [6, 6.07) is 5.64. The van der Waals surface area contributed by atoms with Crippen LogP contribution in [0.4, 0.5) is 0 Å². The Labute approximate surface area is 136 Å². The molecule has 0 N–H and O–H groups in total. The van der Waals surface area contributed by atoms with Crippen LogP contribution in [0.5, 0.6) is 0 Å². The van der Waals surface area contributed by atoms with Crippen LogP contribution in [0.25, 0.3) is 5.82 Å². The van der Waals surface area contributed by atoms with Gasteiger partial charge in [-0.3, -0.25) is 4.79 Å². The van der Waals surface area contributed by atoms with Gasteiger partial charge in [0.1, 0.15) is 0 Å². The normalized spacial score (nSPS) is 21.5. The van der Waals surface area contributed by atoms with Gasteiger partial charge in [-0.25, -0.2) is 9.67 Å². The maximum Gasteiger partial charge on any atom is 0.255 e. The summed E-state index contributed by atoms with van der Waals surface area (Å²) in [5.41, 5.74) is 2.56. The van der Waals surface area contributed by atoms with Crippen molar-refractivity contribution in [2.75, 3.05) is 13.1 Å². The fraction of sp³-hybridized carbons (Fsp3) is 0.471. The van der Waals surface area contributed by atoms with Crippen molar-refractivity contribution in [2.45, 2.75) is 39.9 Å². The second kappa shape index (κ2) is 6.12. The highest BCUT2D eigenvalue weighted by Gasteiger charge is 2.26. The molecule has 0 spiro atoms. The maximum absolute atomic E-state index is 12.6. The number of ether oxygens (including phenoxy) is 1. The summed E-state index contributed by atoms with van der Waals surface area (Å²) < 4.78 is 7.45. The first-order valence-electron chi connectivity index (χ1n) is 7.88. The molecule has 0 aliphatic carbocycles. The van der Waals surface area contributed by atoms with Gasteiger partial charge >= 0.3 is 0 Å². The number of hydrogen-bond acceptors (Lipinski definition) is 4. The summed E-state index contributed by atoms with van der Waals surface area (Å²) in [5.74, 6) is 0.718. The number of aryl methyl sites for hydroxylation is 2. The van der Waals surface area contributed by atoms with Gasteiger partial charge in [-0.2, -0.15) is 5.10 Å². The number of carbonyl (C=O) groups excluding carboxylic acids is 1. The number of pyridine rings is 1. The summed E-state index contributed by atoms with van der Waals surface area (Å²) in [5, 5.41) is 4.41. The smallest absolute Gasteiger partial charge is 0.255 e. The zero-order chi connectivity index (χ0) is 16.6. The van der Waals surface area contributed by atoms with Crippen molar-refractivity contribution in [1.29, 1.82) is 0 Å². The third-order valence-electron chi connectivity index (χ3n) is 3.93. The number of rotatable bonds is 2. The van der Waals surface area contributed by atoms with Crippen LogP contribution in [-0.2, 0) is 4.74 Å². The molecule has 2 aromatic heterocycles. The Bertz CT molecular complexity index is 698. The Hall–Kier alpha value is -2.21. The van der Waals surface area contributed by atoms with Crippen molar-refractivity contribution in [3.63, 3.8) is 0 Å². The number of aromatic nitrogens is 3. The Morgan fingerprint density at radius 3 is 2.43 bits per heavy atom. The van der Waals surface area contributed by atoms with Crippen molar-refractivity contribution in [2.24, 2.45) is 0 Å². The second-order valence-electron chi connectivity index (χ2n) is 6.21. The third-order valence-corrected chi connectivity index (χ3v) is 3.93. The van der Waals surface area contributed by atoms with E-state index in [2.05, 4.69) is 10.1 Å². The number of morpholine rings is 1. The highest BCUT2D eigenvalue weighted by atomic mass is 16.5. The minimum Gasteiger partial charge on any atom is -0.372 e. The van der Waals surface area contributed by atoms with E-state index in [4.69, 9.17) is 4.74 Å². The summed E-state index contributed by atoms with van der Waals surface area (Å²) in [4.78, 5) is 18.8. The van der Waals surface area contributed by atoms with Crippen LogP contribution in [0.15, 0.2) is 24.4 Å². The van der Waals surface area contributed by atoms with E-state index >= 15 is 0 Å². The number of amides is 1. The van der Waals surface area contributed by atoms with E-state index in [0.717, 1.165) is 17.2 Å². The zero-order valence-electron chi connectivity index (χ0n) is 14.0. The lowest BCUT2D eigenvalue weighted by atomic mass is 10.2. The van der Waals surface area contributed by atoms with E-state index in [0.29, 0.717) is 18.7 Å². The third kappa shape index (κ3) is 3.27. The molecule has 1 saturated heterocycles. The Balaban J connectivity index is 1.79. The molecular weight excluding hydrogens is 292 g/mol. The van der Waals surface area contributed by atoms with Crippen molar-refractivity contribution in [3.05, 3.63) is 41.3 Å². The molecule has 0 unspecified atom stereocenters. The van der Waals surface area contributed by atoms with Gasteiger partial charge in [0.15, 0.2) is 5.82 Å². The second-order valence-corrected chi connectivity index (χ2v) is 6.21. The monoisotopic (exact) mass is 314 g/mol. The van der Waals surface area contributed by atoms with E-state index in [1.807, 2.05) is 50.8 Å². The van der Waals surface area contributed by atoms with Crippen LogP contribution in [-0.4, -0.2) is 50.9 Å². The van der Waals surface area contributed by atoms with Crippen LogP contribution in [0.1, 0.15) is 35.6 Å². The van der Waals surface area contributed by atoms with Crippen molar-refractivity contribution in [3.8, 4) is 5.82 Å². The molecule has 3 heterocycles. The molecule has 0 radical (unpaired) electrons. The molecule has 23 heavy (non-hydrogen) atoms. The molecule has 122 valence electrons. The van der Waals surface area contributed by atoms with Gasteiger partial charge in [0, 0.05) is 25.0 Å². The van der Waals surface area contributed by atoms with E-state index < -0.39 is 0 Å². The lowest BCUT2D eigenvalue weighted by molar-refractivity contribution is -0.0586. The molecular formula is C17H22N4O2. The zero-order valence-corrected chi connectivity index (χ0v) is 14.0. The van der Waals surface area contributed by atoms with Crippen LogP contribution in [0.2, 0.25) is 0 Å². The highest BCUT2D eigenvalue weighted by molar-refractivity contribution is 5.94. The van der Waals surface area contributed by atoms with Crippen LogP contribution in [0, 0.1) is 13.8 Å². The Morgan fingerprint density at radius 1 is 1.22 bits per heavy atom. The molecule has 6 nitrogen and oxygen atoms in total. The van der Waals surface area contributed by atoms with Crippen LogP contribution >= 0.6 is 0 Å². The average Bonchev–Trinajstić information content (AvgIpc) is 2.84. The van der Waals surface area contributed by atoms with Gasteiger partial charge in [-0.15, -0.1) is 0 Å². The predicted molar refractivity (Wildman–Crippen MR) is 86.7 cm³/mol. The number of hydrogen-bond donors (Lipinski definition) is 0. The lowest BCUT2D eigenvalue weighted by Gasteiger charge is -2.35. The van der Waals surface area contributed by atoms with E-state index in [1.54, 1.807) is 10.9 Å². The highest BCUT2D eigenvalue weighted by Crippen LogP contribution is 2.15. The average molecular weight is 314 g/mol. The minimum absolute atomic E-state index is 0.000539. The summed E-state index contributed by atoms with van der Waals surface area (Å²) in [7, 11) is 0. The maximum atomic E-state index is 12.6. The van der Waals surface area contributed by atoms with Crippen LogP contribution < -0.4 is 0 Å². The fourth-order valence-electron chi connectivity index (χ4n) is 3.02. The molecule has 2 aromatic rings. The van der Waals surface area contributed by atoms with E-state index in [9.17, 15) is 4.79 Å². The minimum atomic E-state index is -0.000539. The molecule has 1 fully saturated rings. The summed E-state index contributed by atoms with van der Waals surface area (Å²) >= 11 is 0. The molecule has 1 amide bonds. The number of carbonyl (C=O) groups is 1. The molecule has 1 aliphatic heterocycles. The number of nitrogens with zero attached hydrogens (tertiary/aromatic N) is 4. The van der Waals surface area contributed by atoms with Gasteiger partial charge in [0.2, 0.25) is 0 Å². The molecule has 6 heteroatoms. The molecule has 1 aliphatic rings. The lowest BCUT2D eigenvalue weighted by Crippen LogP contribution is -2.48. The quantitative estimate of drug-likeness (QED) is 0.852. The standard InChI is InChI=1S/C17H22N4O2/c1-11-7-12(2)21(19-11)16-6-5-15(8-18-16)17(22)20-9-13(3)23-14(4)10-20/h5-8,13-14H,9-10H2,1-4H3/t13-,14-/m0/s1.